The van der Waals surface area contributed by atoms with E-state index in [2.05, 4.69) is 20.3 Å². The topological polar surface area (TPSA) is 66.7 Å². The third-order valence-electron chi connectivity index (χ3n) is 2.07. The summed E-state index contributed by atoms with van der Waals surface area (Å²) in [5.41, 5.74) is 0.338. The number of aromatic hydroxyl groups is 1. The zero-order valence-electron chi connectivity index (χ0n) is 8.95. The van der Waals surface area contributed by atoms with Gasteiger partial charge in [-0.2, -0.15) is 12.8 Å². The number of benzene rings is 1. The van der Waals surface area contributed by atoms with Crippen LogP contribution >= 0.6 is 27.3 Å². The van der Waals surface area contributed by atoms with Gasteiger partial charge in [0.25, 0.3) is 10.0 Å². The Kier molecular flexibility index (Phi) is 3.84. The fraction of sp³-hybridized carbons (Fsp3) is 0. The fourth-order valence-electron chi connectivity index (χ4n) is 1.22. The number of halogens is 1. The minimum absolute atomic E-state index is 0.0247. The van der Waals surface area contributed by atoms with Gasteiger partial charge in [0.1, 0.15) is 9.96 Å². The molecule has 1 aromatic carbocycles. The Bertz CT molecular complexity index is 678. The Morgan fingerprint density at radius 2 is 2.11 bits per heavy atom. The predicted octanol–water partition coefficient (Wildman–Crippen LogP) is 3.02. The molecule has 0 saturated heterocycles. The van der Waals surface area contributed by atoms with E-state index in [-0.39, 0.29) is 9.96 Å². The highest BCUT2D eigenvalue weighted by atomic mass is 79.9. The second kappa shape index (κ2) is 5.21. The highest BCUT2D eigenvalue weighted by molar-refractivity contribution is 9.10. The smallest absolute Gasteiger partial charge is 0.291 e. The zero-order valence-corrected chi connectivity index (χ0v) is 12.2. The van der Waals surface area contributed by atoms with E-state index < -0.39 is 10.0 Å². The molecule has 0 amide bonds. The highest BCUT2D eigenvalue weighted by Gasteiger charge is 2.12. The van der Waals surface area contributed by atoms with Crippen LogP contribution < -0.4 is 0 Å². The lowest BCUT2D eigenvalue weighted by molar-refractivity contribution is 0.474. The Morgan fingerprint density at radius 3 is 2.78 bits per heavy atom. The molecule has 94 valence electrons. The van der Waals surface area contributed by atoms with Gasteiger partial charge in [0, 0.05) is 10.0 Å². The molecule has 0 atom stereocenters. The van der Waals surface area contributed by atoms with Crippen LogP contribution in [-0.2, 0) is 10.0 Å². The van der Waals surface area contributed by atoms with Crippen LogP contribution in [0.4, 0.5) is 0 Å². The Hall–Kier alpha value is -1.18. The minimum atomic E-state index is -3.68. The quantitative estimate of drug-likeness (QED) is 0.869. The lowest BCUT2D eigenvalue weighted by Crippen LogP contribution is -1.95. The van der Waals surface area contributed by atoms with E-state index in [0.717, 1.165) is 22.0 Å². The lowest BCUT2D eigenvalue weighted by Gasteiger charge is -1.99. The number of nitrogens with zero attached hydrogens (tertiary/aromatic N) is 1. The van der Waals surface area contributed by atoms with E-state index in [4.69, 9.17) is 0 Å². The van der Waals surface area contributed by atoms with Crippen molar-refractivity contribution in [3.8, 4) is 5.75 Å². The summed E-state index contributed by atoms with van der Waals surface area (Å²) in [7, 11) is -3.68. The zero-order chi connectivity index (χ0) is 13.2. The molecule has 0 aliphatic carbocycles. The van der Waals surface area contributed by atoms with Crippen LogP contribution in [-0.4, -0.2) is 19.7 Å². The van der Waals surface area contributed by atoms with Crippen LogP contribution in [0.5, 0.6) is 5.75 Å². The van der Waals surface area contributed by atoms with Gasteiger partial charge >= 0.3 is 0 Å². The molecule has 18 heavy (non-hydrogen) atoms. The molecule has 4 nitrogen and oxygen atoms in total. The maximum Gasteiger partial charge on any atom is 0.291 e. The van der Waals surface area contributed by atoms with Gasteiger partial charge in [-0.3, -0.25) is 0 Å². The maximum absolute atomic E-state index is 11.8. The maximum atomic E-state index is 11.8. The monoisotopic (exact) mass is 345 g/mol. The Morgan fingerprint density at radius 1 is 1.33 bits per heavy atom. The largest absolute Gasteiger partial charge is 0.507 e. The van der Waals surface area contributed by atoms with Crippen LogP contribution in [0.2, 0.25) is 0 Å². The molecule has 0 aliphatic rings. The van der Waals surface area contributed by atoms with Crippen LogP contribution in [0.15, 0.2) is 48.8 Å². The van der Waals surface area contributed by atoms with E-state index in [1.54, 1.807) is 23.6 Å². The Balaban J connectivity index is 2.34. The first kappa shape index (κ1) is 13.3. The van der Waals surface area contributed by atoms with Gasteiger partial charge in [-0.15, -0.1) is 11.3 Å². The van der Waals surface area contributed by atoms with Crippen LogP contribution in [0.3, 0.4) is 0 Å². The average Bonchev–Trinajstić information content (AvgIpc) is 2.85. The standard InChI is InChI=1S/C11H8BrNO3S2/c12-9-3-4-10(14)8(6-9)7-13-18(15,16)11-2-1-5-17-11/h1-7,14H/b13-7+. The number of thiophene rings is 1. The average molecular weight is 346 g/mol. The molecule has 7 heteroatoms. The van der Waals surface area contributed by atoms with Gasteiger partial charge in [-0.25, -0.2) is 0 Å². The summed E-state index contributed by atoms with van der Waals surface area (Å²) in [5.74, 6) is -0.0247. The first-order valence-corrected chi connectivity index (χ1v) is 7.93. The summed E-state index contributed by atoms with van der Waals surface area (Å²) in [6.07, 6.45) is 1.13. The van der Waals surface area contributed by atoms with Crippen molar-refractivity contribution in [2.75, 3.05) is 0 Å². The number of hydrogen-bond donors (Lipinski definition) is 1. The number of hydrogen-bond acceptors (Lipinski definition) is 4. The molecule has 1 aromatic heterocycles. The molecular formula is C11H8BrNO3S2. The lowest BCUT2D eigenvalue weighted by atomic mass is 10.2. The molecule has 0 bridgehead atoms. The van der Waals surface area contributed by atoms with Crippen molar-refractivity contribution in [3.05, 3.63) is 45.7 Å². The molecule has 2 aromatic rings. The second-order valence-electron chi connectivity index (χ2n) is 3.34. The molecule has 0 spiro atoms. The Labute approximate surface area is 117 Å². The van der Waals surface area contributed by atoms with E-state index in [1.165, 1.54) is 12.1 Å². The van der Waals surface area contributed by atoms with Crippen molar-refractivity contribution in [1.82, 2.24) is 0 Å². The number of phenolic OH excluding ortho intramolecular Hbond substituents is 1. The number of rotatable bonds is 3. The number of phenols is 1. The highest BCUT2D eigenvalue weighted by Crippen LogP contribution is 2.22. The predicted molar refractivity (Wildman–Crippen MR) is 74.9 cm³/mol. The molecule has 0 fully saturated rings. The summed E-state index contributed by atoms with van der Waals surface area (Å²) in [4.78, 5) is 0. The normalized spacial score (nSPS) is 12.1. The van der Waals surface area contributed by atoms with Gasteiger partial charge in [0.2, 0.25) is 0 Å². The van der Waals surface area contributed by atoms with E-state index >= 15 is 0 Å². The van der Waals surface area contributed by atoms with E-state index in [0.29, 0.717) is 5.56 Å². The van der Waals surface area contributed by atoms with Crippen molar-refractivity contribution in [1.29, 1.82) is 0 Å². The molecule has 0 aliphatic heterocycles. The van der Waals surface area contributed by atoms with Gasteiger partial charge in [0.15, 0.2) is 0 Å². The molecule has 2 rings (SSSR count). The number of sulfonamides is 1. The van der Waals surface area contributed by atoms with Crippen LogP contribution in [0, 0.1) is 0 Å². The van der Waals surface area contributed by atoms with Crippen LogP contribution in [0.25, 0.3) is 0 Å². The van der Waals surface area contributed by atoms with Gasteiger partial charge in [-0.1, -0.05) is 22.0 Å². The fourth-order valence-corrected chi connectivity index (χ4v) is 3.43. The summed E-state index contributed by atoms with van der Waals surface area (Å²) < 4.78 is 28.0. The summed E-state index contributed by atoms with van der Waals surface area (Å²) in [6.45, 7) is 0. The molecule has 1 N–H and O–H groups in total. The molecular weight excluding hydrogens is 338 g/mol. The molecule has 0 unspecified atom stereocenters. The SMILES string of the molecule is O=S(=O)(/N=C/c1cc(Br)ccc1O)c1cccs1. The minimum Gasteiger partial charge on any atom is -0.507 e. The summed E-state index contributed by atoms with van der Waals surface area (Å²) in [5, 5.41) is 11.2. The molecule has 1 heterocycles. The first-order chi connectivity index (χ1) is 8.49. The summed E-state index contributed by atoms with van der Waals surface area (Å²) in [6, 6.07) is 7.83. The van der Waals surface area contributed by atoms with Crippen molar-refractivity contribution in [2.45, 2.75) is 4.21 Å². The van der Waals surface area contributed by atoms with Crippen molar-refractivity contribution in [2.24, 2.45) is 4.40 Å². The van der Waals surface area contributed by atoms with Crippen LogP contribution in [0.1, 0.15) is 5.56 Å². The third-order valence-corrected chi connectivity index (χ3v) is 5.17. The van der Waals surface area contributed by atoms with E-state index in [1.807, 2.05) is 0 Å². The third kappa shape index (κ3) is 2.98. The van der Waals surface area contributed by atoms with Gasteiger partial charge < -0.3 is 5.11 Å². The molecule has 0 radical (unpaired) electrons. The van der Waals surface area contributed by atoms with E-state index in [9.17, 15) is 13.5 Å². The van der Waals surface area contributed by atoms with Crippen molar-refractivity contribution >= 4 is 43.5 Å². The molecule has 0 saturated carbocycles. The second-order valence-corrected chi connectivity index (χ2v) is 7.07. The van der Waals surface area contributed by atoms with Gasteiger partial charge in [-0.05, 0) is 29.6 Å². The summed E-state index contributed by atoms with van der Waals surface area (Å²) >= 11 is 4.33. The van der Waals surface area contributed by atoms with Crippen molar-refractivity contribution in [3.63, 3.8) is 0 Å². The van der Waals surface area contributed by atoms with Gasteiger partial charge in [0.05, 0.1) is 6.21 Å². The first-order valence-electron chi connectivity index (χ1n) is 4.81. The van der Waals surface area contributed by atoms with Crippen molar-refractivity contribution < 1.29 is 13.5 Å².